The lowest BCUT2D eigenvalue weighted by Crippen LogP contribution is -2.19. The van der Waals surface area contributed by atoms with Gasteiger partial charge in [-0.2, -0.15) is 0 Å². The van der Waals surface area contributed by atoms with Gasteiger partial charge in [0.05, 0.1) is 11.0 Å². The minimum Gasteiger partial charge on any atom is -0.392 e. The molecule has 0 heterocycles. The lowest BCUT2D eigenvalue weighted by molar-refractivity contribution is -0.385. The van der Waals surface area contributed by atoms with E-state index in [4.69, 9.17) is 0 Å². The van der Waals surface area contributed by atoms with E-state index in [1.807, 2.05) is 6.07 Å². The van der Waals surface area contributed by atoms with Gasteiger partial charge in [0, 0.05) is 18.1 Å². The zero-order valence-electron chi connectivity index (χ0n) is 11.3. The van der Waals surface area contributed by atoms with Gasteiger partial charge < -0.3 is 5.11 Å². The Morgan fingerprint density at radius 2 is 1.90 bits per heavy atom. The number of nitrogens with zero attached hydrogens (tertiary/aromatic N) is 1. The highest BCUT2D eigenvalue weighted by molar-refractivity contribution is 5.40. The van der Waals surface area contributed by atoms with Crippen LogP contribution in [-0.2, 0) is 6.42 Å². The lowest BCUT2D eigenvalue weighted by atomic mass is 9.95. The predicted octanol–water partition coefficient (Wildman–Crippen LogP) is 2.79. The molecule has 5 unspecified atom stereocenters. The van der Waals surface area contributed by atoms with Crippen LogP contribution in [0.3, 0.4) is 0 Å². The molecular weight excluding hydrogens is 254 g/mol. The molecule has 2 bridgehead atoms. The van der Waals surface area contributed by atoms with Gasteiger partial charge in [-0.25, -0.2) is 0 Å². The number of nitro benzene ring substituents is 1. The third kappa shape index (κ3) is 1.71. The van der Waals surface area contributed by atoms with Crippen molar-refractivity contribution in [3.05, 3.63) is 39.9 Å². The lowest BCUT2D eigenvalue weighted by Gasteiger charge is -2.15. The summed E-state index contributed by atoms with van der Waals surface area (Å²) in [7, 11) is 0. The molecular formula is C16H19NO3. The van der Waals surface area contributed by atoms with Crippen molar-refractivity contribution >= 4 is 5.69 Å². The van der Waals surface area contributed by atoms with Crippen molar-refractivity contribution < 1.29 is 10.0 Å². The van der Waals surface area contributed by atoms with E-state index < -0.39 is 6.10 Å². The summed E-state index contributed by atoms with van der Waals surface area (Å²) in [6.07, 6.45) is 4.05. The zero-order valence-corrected chi connectivity index (χ0v) is 11.3. The van der Waals surface area contributed by atoms with Gasteiger partial charge >= 0.3 is 0 Å². The Balaban J connectivity index is 1.49. The maximum absolute atomic E-state index is 11.0. The van der Waals surface area contributed by atoms with Crippen molar-refractivity contribution in [2.45, 2.75) is 31.8 Å². The molecule has 1 aromatic rings. The Hall–Kier alpha value is -1.42. The van der Waals surface area contributed by atoms with Crippen molar-refractivity contribution in [2.75, 3.05) is 0 Å². The molecule has 106 valence electrons. The van der Waals surface area contributed by atoms with Gasteiger partial charge in [-0.15, -0.1) is 0 Å². The fourth-order valence-corrected chi connectivity index (χ4v) is 5.13. The molecule has 5 atom stereocenters. The monoisotopic (exact) mass is 273 g/mol. The van der Waals surface area contributed by atoms with Gasteiger partial charge in [-0.1, -0.05) is 18.2 Å². The number of nitro groups is 1. The van der Waals surface area contributed by atoms with E-state index in [-0.39, 0.29) is 10.6 Å². The van der Waals surface area contributed by atoms with Crippen LogP contribution in [0.5, 0.6) is 0 Å². The topological polar surface area (TPSA) is 63.4 Å². The maximum Gasteiger partial charge on any atom is 0.272 e. The number of rotatable bonds is 4. The van der Waals surface area contributed by atoms with Crippen LogP contribution < -0.4 is 0 Å². The summed E-state index contributed by atoms with van der Waals surface area (Å²) in [6.45, 7) is 0. The second-order valence-corrected chi connectivity index (χ2v) is 6.72. The number of para-hydroxylation sites is 1. The van der Waals surface area contributed by atoms with Crippen LogP contribution in [-0.4, -0.2) is 16.1 Å². The Morgan fingerprint density at radius 1 is 1.25 bits per heavy atom. The highest BCUT2D eigenvalue weighted by Crippen LogP contribution is 2.70. The summed E-state index contributed by atoms with van der Waals surface area (Å²) in [6, 6.07) is 6.79. The van der Waals surface area contributed by atoms with Crippen LogP contribution in [0.25, 0.3) is 0 Å². The van der Waals surface area contributed by atoms with E-state index in [1.54, 1.807) is 12.1 Å². The van der Waals surface area contributed by atoms with Crippen molar-refractivity contribution in [3.8, 4) is 0 Å². The zero-order chi connectivity index (χ0) is 13.9. The molecule has 0 amide bonds. The van der Waals surface area contributed by atoms with Gasteiger partial charge in [-0.3, -0.25) is 10.1 Å². The molecule has 1 N–H and O–H groups in total. The van der Waals surface area contributed by atoms with Gasteiger partial charge in [-0.05, 0) is 48.9 Å². The number of aliphatic hydroxyl groups is 1. The van der Waals surface area contributed by atoms with Crippen LogP contribution in [0.2, 0.25) is 0 Å². The van der Waals surface area contributed by atoms with E-state index in [0.29, 0.717) is 29.7 Å². The third-order valence-electron chi connectivity index (χ3n) is 5.86. The Labute approximate surface area is 118 Å². The molecule has 3 fully saturated rings. The van der Waals surface area contributed by atoms with Crippen LogP contribution >= 0.6 is 0 Å². The van der Waals surface area contributed by atoms with E-state index in [2.05, 4.69) is 0 Å². The summed E-state index contributed by atoms with van der Waals surface area (Å²) in [5.41, 5.74) is 0.808. The van der Waals surface area contributed by atoms with Crippen molar-refractivity contribution in [1.29, 1.82) is 0 Å². The van der Waals surface area contributed by atoms with E-state index in [0.717, 1.165) is 11.8 Å². The molecule has 3 saturated carbocycles. The Bertz CT molecular complexity index is 542. The first kappa shape index (κ1) is 12.3. The number of aliphatic hydroxyl groups excluding tert-OH is 1. The Kier molecular flexibility index (Phi) is 2.64. The molecule has 0 aromatic heterocycles. The van der Waals surface area contributed by atoms with Crippen molar-refractivity contribution in [1.82, 2.24) is 0 Å². The molecule has 4 nitrogen and oxygen atoms in total. The Morgan fingerprint density at radius 3 is 2.55 bits per heavy atom. The van der Waals surface area contributed by atoms with E-state index in [9.17, 15) is 15.2 Å². The molecule has 0 radical (unpaired) electrons. The first-order chi connectivity index (χ1) is 9.66. The minimum absolute atomic E-state index is 0.139. The van der Waals surface area contributed by atoms with Gasteiger partial charge in [0.15, 0.2) is 0 Å². The fourth-order valence-electron chi connectivity index (χ4n) is 5.13. The first-order valence-electron chi connectivity index (χ1n) is 7.57. The van der Waals surface area contributed by atoms with Crippen molar-refractivity contribution in [2.24, 2.45) is 29.6 Å². The summed E-state index contributed by atoms with van der Waals surface area (Å²) in [5, 5.41) is 21.5. The van der Waals surface area contributed by atoms with Gasteiger partial charge in [0.1, 0.15) is 0 Å². The highest BCUT2D eigenvalue weighted by atomic mass is 16.6. The van der Waals surface area contributed by atoms with Crippen molar-refractivity contribution in [3.63, 3.8) is 0 Å². The summed E-state index contributed by atoms with van der Waals surface area (Å²) >= 11 is 0. The maximum atomic E-state index is 11.0. The molecule has 0 aliphatic heterocycles. The molecule has 0 spiro atoms. The molecule has 1 aromatic carbocycles. The normalized spacial score (nSPS) is 38.5. The minimum atomic E-state index is -0.408. The second-order valence-electron chi connectivity index (χ2n) is 6.72. The number of hydrogen-bond acceptors (Lipinski definition) is 3. The van der Waals surface area contributed by atoms with Gasteiger partial charge in [0.25, 0.3) is 5.69 Å². The quantitative estimate of drug-likeness (QED) is 0.677. The molecule has 20 heavy (non-hydrogen) atoms. The van der Waals surface area contributed by atoms with Crippen LogP contribution in [0.1, 0.15) is 24.8 Å². The average molecular weight is 273 g/mol. The highest BCUT2D eigenvalue weighted by Gasteiger charge is 2.66. The average Bonchev–Trinajstić information content (AvgIpc) is 2.88. The van der Waals surface area contributed by atoms with E-state index in [1.165, 1.54) is 25.3 Å². The number of hydrogen-bond donors (Lipinski definition) is 1. The summed E-state index contributed by atoms with van der Waals surface area (Å²) in [4.78, 5) is 10.7. The molecule has 0 saturated heterocycles. The van der Waals surface area contributed by atoms with Gasteiger partial charge in [0.2, 0.25) is 0 Å². The largest absolute Gasteiger partial charge is 0.392 e. The van der Waals surface area contributed by atoms with E-state index >= 15 is 0 Å². The standard InChI is InChI=1S/C16H19NO3/c18-13(8-9-3-1-2-4-12(9)17(19)20)16-14-10-5-6-11(7-10)15(14)16/h1-4,10-11,13-16,18H,5-8H2. The summed E-state index contributed by atoms with van der Waals surface area (Å²) in [5.74, 6) is 3.49. The third-order valence-corrected chi connectivity index (χ3v) is 5.86. The number of fused-ring (bicyclic) bond motifs is 5. The SMILES string of the molecule is O=[N+]([O-])c1ccccc1CC(O)C1C2C3CCC(C3)C12. The fraction of sp³-hybridized carbons (Fsp3) is 0.625. The summed E-state index contributed by atoms with van der Waals surface area (Å²) < 4.78 is 0. The van der Waals surface area contributed by atoms with Crippen LogP contribution in [0, 0.1) is 39.7 Å². The smallest absolute Gasteiger partial charge is 0.272 e. The molecule has 4 heteroatoms. The predicted molar refractivity (Wildman–Crippen MR) is 74.1 cm³/mol. The second kappa shape index (κ2) is 4.29. The first-order valence-corrected chi connectivity index (χ1v) is 7.57. The molecule has 3 aliphatic rings. The van der Waals surface area contributed by atoms with Crippen LogP contribution in [0.15, 0.2) is 24.3 Å². The molecule has 4 rings (SSSR count). The van der Waals surface area contributed by atoms with Crippen LogP contribution in [0.4, 0.5) is 5.69 Å². The molecule has 3 aliphatic carbocycles. The number of benzene rings is 1.